The van der Waals surface area contributed by atoms with Crippen molar-refractivity contribution in [3.05, 3.63) is 0 Å². The van der Waals surface area contributed by atoms with Crippen LogP contribution in [0.4, 0.5) is 0 Å². The smallest absolute Gasteiger partial charge is 0.328 e. The number of carbonyl (C=O) groups excluding carboxylic acids is 2. The van der Waals surface area contributed by atoms with Crippen LogP contribution in [-0.4, -0.2) is 28.8 Å². The summed E-state index contributed by atoms with van der Waals surface area (Å²) in [4.78, 5) is 30.2. The Bertz CT molecular complexity index is 188. The van der Waals surface area contributed by atoms with Crippen molar-refractivity contribution in [2.75, 3.05) is 0 Å². The predicted octanol–water partition coefficient (Wildman–Crippen LogP) is -2.55. The molecule has 0 saturated heterocycles. The van der Waals surface area contributed by atoms with Crippen LogP contribution < -0.4 is 11.5 Å². The molecule has 0 rings (SSSR count). The molecular weight excluding hydrogens is 140 g/mol. The normalized spacial score (nSPS) is 12.1. The van der Waals surface area contributed by atoms with E-state index in [9.17, 15) is 14.4 Å². The third-order valence-electron chi connectivity index (χ3n) is 0.791. The van der Waals surface area contributed by atoms with Crippen molar-refractivity contribution in [2.24, 2.45) is 11.5 Å². The monoisotopic (exact) mass is 146 g/mol. The van der Waals surface area contributed by atoms with Gasteiger partial charge < -0.3 is 16.6 Å². The van der Waals surface area contributed by atoms with Crippen LogP contribution in [0.2, 0.25) is 0 Å². The Morgan fingerprint density at radius 1 is 1.30 bits per heavy atom. The summed E-state index contributed by atoms with van der Waals surface area (Å²) >= 11 is 0. The number of hydrogen-bond acceptors (Lipinski definition) is 4. The summed E-state index contributed by atoms with van der Waals surface area (Å²) < 4.78 is 0. The number of ketones is 1. The molecule has 5 N–H and O–H groups in total. The fourth-order valence-corrected chi connectivity index (χ4v) is 0.265. The van der Waals surface area contributed by atoms with Gasteiger partial charge in [0.1, 0.15) is 0 Å². The van der Waals surface area contributed by atoms with Crippen molar-refractivity contribution in [2.45, 2.75) is 6.04 Å². The van der Waals surface area contributed by atoms with E-state index in [0.717, 1.165) is 0 Å². The topological polar surface area (TPSA) is 123 Å². The van der Waals surface area contributed by atoms with Crippen LogP contribution >= 0.6 is 0 Å². The summed E-state index contributed by atoms with van der Waals surface area (Å²) in [5.41, 5.74) is 9.15. The zero-order valence-electron chi connectivity index (χ0n) is 4.90. The number of Topliss-reactive ketones (excluding diaryl/α,β-unsaturated/α-hetero) is 1. The molecule has 10 heavy (non-hydrogen) atoms. The molecule has 6 heteroatoms. The van der Waals surface area contributed by atoms with E-state index >= 15 is 0 Å². The lowest BCUT2D eigenvalue weighted by atomic mass is 10.2. The summed E-state index contributed by atoms with van der Waals surface area (Å²) in [6, 6.07) is -1.84. The van der Waals surface area contributed by atoms with Crippen LogP contribution in [-0.2, 0) is 14.4 Å². The number of nitrogens with two attached hydrogens (primary N) is 2. The average molecular weight is 146 g/mol. The first-order valence-corrected chi connectivity index (χ1v) is 2.29. The Balaban J connectivity index is 4.22. The van der Waals surface area contributed by atoms with Gasteiger partial charge in [0, 0.05) is 0 Å². The van der Waals surface area contributed by atoms with Gasteiger partial charge in [-0.05, 0) is 0 Å². The molecule has 0 bridgehead atoms. The molecule has 0 unspecified atom stereocenters. The molecule has 0 heterocycles. The van der Waals surface area contributed by atoms with Crippen molar-refractivity contribution in [1.82, 2.24) is 0 Å². The Kier molecular flexibility index (Phi) is 2.51. The largest absolute Gasteiger partial charge is 0.480 e. The molecule has 0 spiro atoms. The molecule has 0 aliphatic heterocycles. The van der Waals surface area contributed by atoms with Gasteiger partial charge in [0.05, 0.1) is 0 Å². The number of carbonyl (C=O) groups is 3. The standard InChI is InChI=1S/C4H6N2O4/c5-1(4(9)10)2(7)3(6)8/h1H,5H2,(H2,6,8)(H,9,10)/t1-/m0/s1. The van der Waals surface area contributed by atoms with E-state index in [0.29, 0.717) is 0 Å². The van der Waals surface area contributed by atoms with Gasteiger partial charge in [-0.2, -0.15) is 0 Å². The van der Waals surface area contributed by atoms with E-state index in [4.69, 9.17) is 10.8 Å². The maximum atomic E-state index is 10.3. The molecule has 0 fully saturated rings. The lowest BCUT2D eigenvalue weighted by Gasteiger charge is -1.99. The number of carboxylic acids is 1. The van der Waals surface area contributed by atoms with Gasteiger partial charge in [-0.1, -0.05) is 0 Å². The molecule has 56 valence electrons. The lowest BCUT2D eigenvalue weighted by molar-refractivity contribution is -0.146. The quantitative estimate of drug-likeness (QED) is 0.298. The first-order valence-electron chi connectivity index (χ1n) is 2.29. The maximum absolute atomic E-state index is 10.3. The number of amides is 1. The van der Waals surface area contributed by atoms with Crippen molar-refractivity contribution in [3.63, 3.8) is 0 Å². The second kappa shape index (κ2) is 2.92. The van der Waals surface area contributed by atoms with E-state index in [2.05, 4.69) is 5.73 Å². The van der Waals surface area contributed by atoms with Gasteiger partial charge in [-0.15, -0.1) is 0 Å². The van der Waals surface area contributed by atoms with Crippen molar-refractivity contribution < 1.29 is 19.5 Å². The van der Waals surface area contributed by atoms with Gasteiger partial charge in [-0.25, -0.2) is 0 Å². The van der Waals surface area contributed by atoms with Gasteiger partial charge in [0.2, 0.25) is 5.78 Å². The van der Waals surface area contributed by atoms with Crippen LogP contribution in [0.25, 0.3) is 0 Å². The third kappa shape index (κ3) is 1.82. The van der Waals surface area contributed by atoms with Crippen molar-refractivity contribution in [1.29, 1.82) is 0 Å². The number of aliphatic carboxylic acids is 1. The molecule has 0 aromatic heterocycles. The van der Waals surface area contributed by atoms with Crippen molar-refractivity contribution in [3.8, 4) is 0 Å². The number of primary amides is 1. The van der Waals surface area contributed by atoms with Crippen LogP contribution in [0.5, 0.6) is 0 Å². The van der Waals surface area contributed by atoms with E-state index in [-0.39, 0.29) is 0 Å². The molecule has 0 radical (unpaired) electrons. The minimum atomic E-state index is -1.84. The van der Waals surface area contributed by atoms with E-state index in [1.165, 1.54) is 0 Å². The van der Waals surface area contributed by atoms with Crippen molar-refractivity contribution >= 4 is 17.7 Å². The van der Waals surface area contributed by atoms with E-state index in [1.54, 1.807) is 0 Å². The number of rotatable bonds is 3. The van der Waals surface area contributed by atoms with Gasteiger partial charge in [0.25, 0.3) is 5.91 Å². The summed E-state index contributed by atoms with van der Waals surface area (Å²) in [5, 5.41) is 8.05. The first-order chi connectivity index (χ1) is 4.46. The Morgan fingerprint density at radius 3 is 1.80 bits per heavy atom. The highest BCUT2D eigenvalue weighted by molar-refractivity contribution is 6.41. The fraction of sp³-hybridized carbons (Fsp3) is 0.250. The number of hydrogen-bond donors (Lipinski definition) is 3. The first kappa shape index (κ1) is 8.57. The van der Waals surface area contributed by atoms with Crippen LogP contribution in [0.15, 0.2) is 0 Å². The highest BCUT2D eigenvalue weighted by Crippen LogP contribution is 1.80. The Hall–Kier alpha value is -1.43. The molecule has 0 aliphatic rings. The fourth-order valence-electron chi connectivity index (χ4n) is 0.265. The molecule has 0 aromatic carbocycles. The molecule has 0 saturated carbocycles. The van der Waals surface area contributed by atoms with Gasteiger partial charge >= 0.3 is 5.97 Å². The van der Waals surface area contributed by atoms with Crippen LogP contribution in [0, 0.1) is 0 Å². The summed E-state index contributed by atoms with van der Waals surface area (Å²) in [6.07, 6.45) is 0. The molecular formula is C4H6N2O4. The van der Waals surface area contributed by atoms with Gasteiger partial charge in [-0.3, -0.25) is 14.4 Å². The minimum absolute atomic E-state index is 1.30. The second-order valence-electron chi connectivity index (χ2n) is 1.54. The molecule has 6 nitrogen and oxygen atoms in total. The SMILES string of the molecule is NC(=O)C(=O)[C@H](N)C(=O)O. The minimum Gasteiger partial charge on any atom is -0.480 e. The molecule has 1 atom stereocenters. The second-order valence-corrected chi connectivity index (χ2v) is 1.54. The Morgan fingerprint density at radius 2 is 1.70 bits per heavy atom. The third-order valence-corrected chi connectivity index (χ3v) is 0.791. The van der Waals surface area contributed by atoms with Crippen LogP contribution in [0.3, 0.4) is 0 Å². The summed E-state index contributed by atoms with van der Waals surface area (Å²) in [7, 11) is 0. The zero-order valence-corrected chi connectivity index (χ0v) is 4.90. The zero-order chi connectivity index (χ0) is 8.31. The summed E-state index contributed by atoms with van der Waals surface area (Å²) in [6.45, 7) is 0. The highest BCUT2D eigenvalue weighted by Gasteiger charge is 2.25. The highest BCUT2D eigenvalue weighted by atomic mass is 16.4. The molecule has 0 aromatic rings. The Labute approximate surface area is 55.8 Å². The maximum Gasteiger partial charge on any atom is 0.328 e. The molecule has 0 aliphatic carbocycles. The van der Waals surface area contributed by atoms with E-state index < -0.39 is 23.7 Å². The van der Waals surface area contributed by atoms with E-state index in [1.807, 2.05) is 0 Å². The molecule has 1 amide bonds. The summed E-state index contributed by atoms with van der Waals surface area (Å²) in [5.74, 6) is -4.20. The lowest BCUT2D eigenvalue weighted by Crippen LogP contribution is -2.45. The van der Waals surface area contributed by atoms with Crippen LogP contribution in [0.1, 0.15) is 0 Å². The van der Waals surface area contributed by atoms with Gasteiger partial charge in [0.15, 0.2) is 6.04 Å². The average Bonchev–Trinajstić information content (AvgIpc) is 1.84. The predicted molar refractivity (Wildman–Crippen MR) is 29.8 cm³/mol. The number of carboxylic acid groups (broad SMARTS) is 1.